The number of benzene rings is 1. The van der Waals surface area contributed by atoms with E-state index in [1.807, 2.05) is 11.0 Å². The maximum Gasteiger partial charge on any atom is 0.254 e. The number of rotatable bonds is 2. The molecule has 1 saturated heterocycles. The summed E-state index contributed by atoms with van der Waals surface area (Å²) in [5.74, 6) is 0.503. The zero-order chi connectivity index (χ0) is 13.3. The van der Waals surface area contributed by atoms with Crippen LogP contribution in [0.5, 0.6) is 0 Å². The van der Waals surface area contributed by atoms with Crippen molar-refractivity contribution in [3.8, 4) is 0 Å². The number of likely N-dealkylation sites (tertiary alicyclic amines) is 1. The van der Waals surface area contributed by atoms with Gasteiger partial charge in [-0.1, -0.05) is 11.6 Å². The number of nitrogens with two attached hydrogens (primary N) is 1. The van der Waals surface area contributed by atoms with Gasteiger partial charge in [-0.15, -0.1) is 0 Å². The quantitative estimate of drug-likeness (QED) is 0.805. The molecule has 5 heteroatoms. The highest BCUT2D eigenvalue weighted by molar-refractivity contribution is 14.1. The van der Waals surface area contributed by atoms with Crippen LogP contribution < -0.4 is 5.73 Å². The summed E-state index contributed by atoms with van der Waals surface area (Å²) in [6.45, 7) is 3.48. The lowest BCUT2D eigenvalue weighted by Crippen LogP contribution is -2.34. The number of hydrogen-bond acceptors (Lipinski definition) is 2. The zero-order valence-electron chi connectivity index (χ0n) is 10.2. The summed E-state index contributed by atoms with van der Waals surface area (Å²) in [7, 11) is 0. The lowest BCUT2D eigenvalue weighted by atomic mass is 10.1. The van der Waals surface area contributed by atoms with Crippen LogP contribution in [-0.4, -0.2) is 29.9 Å². The Kier molecular flexibility index (Phi) is 4.50. The molecule has 1 heterocycles. The van der Waals surface area contributed by atoms with Gasteiger partial charge < -0.3 is 10.6 Å². The van der Waals surface area contributed by atoms with Gasteiger partial charge in [-0.3, -0.25) is 4.79 Å². The first-order chi connectivity index (χ1) is 8.52. The Morgan fingerprint density at radius 1 is 1.61 bits per heavy atom. The van der Waals surface area contributed by atoms with E-state index in [9.17, 15) is 4.79 Å². The van der Waals surface area contributed by atoms with Gasteiger partial charge in [0.25, 0.3) is 5.91 Å². The number of hydrogen-bond donors (Lipinski definition) is 1. The van der Waals surface area contributed by atoms with Crippen molar-refractivity contribution >= 4 is 40.1 Å². The van der Waals surface area contributed by atoms with Gasteiger partial charge in [-0.2, -0.15) is 0 Å². The van der Waals surface area contributed by atoms with Gasteiger partial charge in [0.2, 0.25) is 0 Å². The van der Waals surface area contributed by atoms with Crippen LogP contribution in [0.25, 0.3) is 0 Å². The maximum atomic E-state index is 12.4. The molecule has 1 fully saturated rings. The molecular weight excluding hydrogens is 363 g/mol. The first kappa shape index (κ1) is 14.1. The highest BCUT2D eigenvalue weighted by Crippen LogP contribution is 2.26. The molecule has 98 valence electrons. The number of halogens is 2. The van der Waals surface area contributed by atoms with Gasteiger partial charge in [0, 0.05) is 21.7 Å². The SMILES string of the molecule is CC1CC(CN)CN1C(=O)c1ccc(Cl)c(I)c1. The molecule has 18 heavy (non-hydrogen) atoms. The summed E-state index contributed by atoms with van der Waals surface area (Å²) >= 11 is 8.11. The first-order valence-corrected chi connectivity index (χ1v) is 7.44. The summed E-state index contributed by atoms with van der Waals surface area (Å²) < 4.78 is 0.905. The molecule has 2 atom stereocenters. The Morgan fingerprint density at radius 3 is 2.89 bits per heavy atom. The van der Waals surface area contributed by atoms with E-state index < -0.39 is 0 Å². The molecule has 2 N–H and O–H groups in total. The van der Waals surface area contributed by atoms with Crippen LogP contribution >= 0.6 is 34.2 Å². The van der Waals surface area contributed by atoms with E-state index in [1.165, 1.54) is 0 Å². The van der Waals surface area contributed by atoms with Gasteiger partial charge >= 0.3 is 0 Å². The maximum absolute atomic E-state index is 12.4. The Hall–Kier alpha value is -0.330. The lowest BCUT2D eigenvalue weighted by Gasteiger charge is -2.21. The average molecular weight is 379 g/mol. The molecule has 0 aromatic heterocycles. The van der Waals surface area contributed by atoms with Crippen molar-refractivity contribution in [2.45, 2.75) is 19.4 Å². The summed E-state index contributed by atoms with van der Waals surface area (Å²) in [5.41, 5.74) is 6.39. The predicted molar refractivity (Wildman–Crippen MR) is 81.8 cm³/mol. The number of carbonyl (C=O) groups is 1. The monoisotopic (exact) mass is 378 g/mol. The minimum Gasteiger partial charge on any atom is -0.336 e. The molecular formula is C13H16ClIN2O. The van der Waals surface area contributed by atoms with Gasteiger partial charge in [-0.25, -0.2) is 0 Å². The highest BCUT2D eigenvalue weighted by atomic mass is 127. The van der Waals surface area contributed by atoms with E-state index in [4.69, 9.17) is 17.3 Å². The predicted octanol–water partition coefficient (Wildman–Crippen LogP) is 2.75. The minimum absolute atomic E-state index is 0.0769. The van der Waals surface area contributed by atoms with Crippen molar-refractivity contribution in [1.82, 2.24) is 4.90 Å². The van der Waals surface area contributed by atoms with Crippen LogP contribution in [0.4, 0.5) is 0 Å². The van der Waals surface area contributed by atoms with Gasteiger partial charge in [-0.05, 0) is 66.6 Å². The minimum atomic E-state index is 0.0769. The summed E-state index contributed by atoms with van der Waals surface area (Å²) in [5, 5.41) is 0.682. The molecule has 1 aromatic carbocycles. The van der Waals surface area contributed by atoms with Crippen molar-refractivity contribution in [1.29, 1.82) is 0 Å². The van der Waals surface area contributed by atoms with E-state index >= 15 is 0 Å². The van der Waals surface area contributed by atoms with E-state index in [2.05, 4.69) is 29.5 Å². The Labute approximate surface area is 126 Å². The third-order valence-corrected chi connectivity index (χ3v) is 4.96. The van der Waals surface area contributed by atoms with Crippen molar-refractivity contribution in [3.63, 3.8) is 0 Å². The second kappa shape index (κ2) is 5.75. The fourth-order valence-corrected chi connectivity index (χ4v) is 3.02. The number of amides is 1. The lowest BCUT2D eigenvalue weighted by molar-refractivity contribution is 0.0743. The Bertz CT molecular complexity index is 466. The molecule has 2 unspecified atom stereocenters. The third-order valence-electron chi connectivity index (χ3n) is 3.42. The van der Waals surface area contributed by atoms with Crippen LogP contribution in [0.2, 0.25) is 5.02 Å². The van der Waals surface area contributed by atoms with Crippen LogP contribution in [0.15, 0.2) is 18.2 Å². The van der Waals surface area contributed by atoms with E-state index in [-0.39, 0.29) is 11.9 Å². The Balaban J connectivity index is 2.18. The molecule has 0 radical (unpaired) electrons. The molecule has 1 aliphatic heterocycles. The van der Waals surface area contributed by atoms with Crippen LogP contribution in [-0.2, 0) is 0 Å². The Morgan fingerprint density at radius 2 is 2.33 bits per heavy atom. The second-order valence-corrected chi connectivity index (χ2v) is 6.34. The zero-order valence-corrected chi connectivity index (χ0v) is 13.1. The van der Waals surface area contributed by atoms with Crippen molar-refractivity contribution in [3.05, 3.63) is 32.4 Å². The molecule has 2 rings (SSSR count). The molecule has 1 aromatic rings. The van der Waals surface area contributed by atoms with Crippen molar-refractivity contribution < 1.29 is 4.79 Å². The van der Waals surface area contributed by atoms with E-state index in [0.29, 0.717) is 23.0 Å². The smallest absolute Gasteiger partial charge is 0.254 e. The molecule has 1 amide bonds. The largest absolute Gasteiger partial charge is 0.336 e. The molecule has 3 nitrogen and oxygen atoms in total. The third kappa shape index (κ3) is 2.81. The summed E-state index contributed by atoms with van der Waals surface area (Å²) in [6, 6.07) is 5.67. The van der Waals surface area contributed by atoms with Crippen molar-refractivity contribution in [2.75, 3.05) is 13.1 Å². The highest BCUT2D eigenvalue weighted by Gasteiger charge is 2.32. The van der Waals surface area contributed by atoms with Crippen LogP contribution in [0, 0.1) is 9.49 Å². The average Bonchev–Trinajstić information content (AvgIpc) is 2.73. The van der Waals surface area contributed by atoms with Crippen molar-refractivity contribution in [2.24, 2.45) is 11.7 Å². The standard InChI is InChI=1S/C13H16ClIN2O/c1-8-4-9(6-16)7-17(8)13(18)10-2-3-11(14)12(15)5-10/h2-3,5,8-9H,4,6-7,16H2,1H3. The molecule has 0 spiro atoms. The first-order valence-electron chi connectivity index (χ1n) is 5.99. The fourth-order valence-electron chi connectivity index (χ4n) is 2.39. The summed E-state index contributed by atoms with van der Waals surface area (Å²) in [6.07, 6.45) is 0.993. The molecule has 0 saturated carbocycles. The van der Waals surface area contributed by atoms with Crippen LogP contribution in [0.3, 0.4) is 0 Å². The normalized spacial score (nSPS) is 23.4. The molecule has 1 aliphatic rings. The molecule has 0 aliphatic carbocycles. The van der Waals surface area contributed by atoms with Gasteiger partial charge in [0.15, 0.2) is 0 Å². The van der Waals surface area contributed by atoms with E-state index in [0.717, 1.165) is 16.5 Å². The fraction of sp³-hybridized carbons (Fsp3) is 0.462. The molecule has 0 bridgehead atoms. The number of carbonyl (C=O) groups excluding carboxylic acids is 1. The summed E-state index contributed by atoms with van der Waals surface area (Å²) in [4.78, 5) is 14.3. The van der Waals surface area contributed by atoms with Gasteiger partial charge in [0.05, 0.1) is 5.02 Å². The number of nitrogens with zero attached hydrogens (tertiary/aromatic N) is 1. The van der Waals surface area contributed by atoms with Gasteiger partial charge in [0.1, 0.15) is 0 Å². The topological polar surface area (TPSA) is 46.3 Å². The second-order valence-electron chi connectivity index (χ2n) is 4.77. The van der Waals surface area contributed by atoms with E-state index in [1.54, 1.807) is 12.1 Å². The van der Waals surface area contributed by atoms with Crippen LogP contribution in [0.1, 0.15) is 23.7 Å².